The summed E-state index contributed by atoms with van der Waals surface area (Å²) in [6.45, 7) is 8.43. The van der Waals surface area contributed by atoms with Crippen LogP contribution < -0.4 is 20.3 Å². The fourth-order valence-corrected chi connectivity index (χ4v) is 3.86. The molecule has 1 fully saturated rings. The highest BCUT2D eigenvalue weighted by atomic mass is 127. The van der Waals surface area contributed by atoms with Crippen molar-refractivity contribution in [2.45, 2.75) is 26.0 Å². The van der Waals surface area contributed by atoms with E-state index in [9.17, 15) is 0 Å². The van der Waals surface area contributed by atoms with Gasteiger partial charge < -0.3 is 25.2 Å². The molecule has 2 aliphatic heterocycles. The zero-order valence-electron chi connectivity index (χ0n) is 18.4. The topological polar surface area (TPSA) is 65.0 Å². The second-order valence-electron chi connectivity index (χ2n) is 7.94. The Morgan fingerprint density at radius 2 is 1.97 bits per heavy atom. The molecule has 1 unspecified atom stereocenters. The number of hydrogen-bond acceptors (Lipinski definition) is 5. The summed E-state index contributed by atoms with van der Waals surface area (Å²) in [7, 11) is 2.17. The smallest absolute Gasteiger partial charge is 0.191 e. The van der Waals surface area contributed by atoms with E-state index in [1.165, 1.54) is 11.1 Å². The van der Waals surface area contributed by atoms with E-state index in [1.54, 1.807) is 0 Å². The number of rotatable bonds is 6. The highest BCUT2D eigenvalue weighted by Crippen LogP contribution is 2.27. The lowest BCUT2D eigenvalue weighted by Gasteiger charge is -2.33. The number of halogens is 1. The third-order valence-electron chi connectivity index (χ3n) is 5.61. The first-order valence-corrected chi connectivity index (χ1v) is 10.9. The first kappa shape index (κ1) is 23.6. The van der Waals surface area contributed by atoms with E-state index in [4.69, 9.17) is 9.73 Å². The van der Waals surface area contributed by atoms with Crippen LogP contribution in [0.25, 0.3) is 0 Å². The third-order valence-corrected chi connectivity index (χ3v) is 5.61. The van der Waals surface area contributed by atoms with Gasteiger partial charge in [0.05, 0.1) is 13.1 Å². The molecule has 7 nitrogen and oxygen atoms in total. The number of aliphatic imine (C=N–C) groups is 1. The van der Waals surface area contributed by atoms with Gasteiger partial charge in [-0.1, -0.05) is 18.2 Å². The van der Waals surface area contributed by atoms with Crippen LogP contribution in [0, 0.1) is 0 Å². The van der Waals surface area contributed by atoms with Crippen molar-refractivity contribution in [3.05, 3.63) is 53.7 Å². The van der Waals surface area contributed by atoms with E-state index in [1.807, 2.05) is 24.4 Å². The molecule has 0 spiro atoms. The van der Waals surface area contributed by atoms with Gasteiger partial charge >= 0.3 is 0 Å². The van der Waals surface area contributed by atoms with Gasteiger partial charge in [0.25, 0.3) is 0 Å². The molecule has 2 N–H and O–H groups in total. The molecule has 0 amide bonds. The van der Waals surface area contributed by atoms with Gasteiger partial charge in [0.15, 0.2) is 5.96 Å². The number of nitrogens with zero attached hydrogens (tertiary/aromatic N) is 4. The number of ether oxygens (including phenoxy) is 1. The Kier molecular flexibility index (Phi) is 8.77. The number of aromatic nitrogens is 1. The van der Waals surface area contributed by atoms with Crippen molar-refractivity contribution in [2.75, 3.05) is 51.2 Å². The highest BCUT2D eigenvalue weighted by molar-refractivity contribution is 14.0. The zero-order valence-corrected chi connectivity index (χ0v) is 20.7. The van der Waals surface area contributed by atoms with E-state index in [0.717, 1.165) is 63.2 Å². The second kappa shape index (κ2) is 11.5. The molecule has 2 aromatic rings. The molecule has 3 heterocycles. The summed E-state index contributed by atoms with van der Waals surface area (Å²) in [5.41, 5.74) is 2.44. The van der Waals surface area contributed by atoms with Gasteiger partial charge in [-0.15, -0.1) is 24.0 Å². The van der Waals surface area contributed by atoms with Gasteiger partial charge in [-0.25, -0.2) is 9.98 Å². The first-order valence-electron chi connectivity index (χ1n) is 10.9. The van der Waals surface area contributed by atoms with Gasteiger partial charge in [0.1, 0.15) is 17.7 Å². The van der Waals surface area contributed by atoms with Crippen LogP contribution in [0.15, 0.2) is 47.6 Å². The molecular weight excluding hydrogens is 503 g/mol. The van der Waals surface area contributed by atoms with E-state index in [-0.39, 0.29) is 30.1 Å². The van der Waals surface area contributed by atoms with Crippen LogP contribution >= 0.6 is 24.0 Å². The van der Waals surface area contributed by atoms with Gasteiger partial charge in [-0.05, 0) is 43.3 Å². The molecular formula is C23H33IN6O. The van der Waals surface area contributed by atoms with Crippen molar-refractivity contribution in [1.82, 2.24) is 20.5 Å². The lowest BCUT2D eigenvalue weighted by Crippen LogP contribution is -2.44. The van der Waals surface area contributed by atoms with Crippen LogP contribution in [0.2, 0.25) is 0 Å². The van der Waals surface area contributed by atoms with Crippen LogP contribution in [0.5, 0.6) is 5.75 Å². The molecule has 1 aromatic heterocycles. The van der Waals surface area contributed by atoms with Crippen molar-refractivity contribution in [3.8, 4) is 5.75 Å². The number of benzene rings is 1. The molecule has 2 aliphatic rings. The maximum Gasteiger partial charge on any atom is 0.191 e. The number of anilines is 1. The van der Waals surface area contributed by atoms with E-state index in [2.05, 4.69) is 57.6 Å². The number of likely N-dealkylation sites (N-methyl/N-ethyl adjacent to an activating group) is 1. The molecule has 8 heteroatoms. The highest BCUT2D eigenvalue weighted by Gasteiger charge is 2.22. The molecule has 0 aliphatic carbocycles. The fourth-order valence-electron chi connectivity index (χ4n) is 3.86. The molecule has 0 saturated carbocycles. The van der Waals surface area contributed by atoms with Crippen molar-refractivity contribution < 1.29 is 4.74 Å². The maximum atomic E-state index is 6.03. The normalized spacial score (nSPS) is 18.7. The molecule has 1 saturated heterocycles. The lowest BCUT2D eigenvalue weighted by atomic mass is 10.1. The van der Waals surface area contributed by atoms with Crippen LogP contribution in [-0.4, -0.2) is 68.3 Å². The Morgan fingerprint density at radius 3 is 2.74 bits per heavy atom. The number of guanidine groups is 1. The maximum absolute atomic E-state index is 6.03. The van der Waals surface area contributed by atoms with Crippen molar-refractivity contribution in [2.24, 2.45) is 4.99 Å². The van der Waals surface area contributed by atoms with Crippen LogP contribution in [0.3, 0.4) is 0 Å². The average molecular weight is 536 g/mol. The van der Waals surface area contributed by atoms with E-state index in [0.29, 0.717) is 6.54 Å². The van der Waals surface area contributed by atoms with Crippen LogP contribution in [0.1, 0.15) is 18.1 Å². The Bertz CT molecular complexity index is 844. The number of nitrogens with one attached hydrogen (secondary N) is 2. The summed E-state index contributed by atoms with van der Waals surface area (Å²) in [6.07, 6.45) is 2.96. The third kappa shape index (κ3) is 6.46. The van der Waals surface area contributed by atoms with Gasteiger partial charge in [0, 0.05) is 45.3 Å². The summed E-state index contributed by atoms with van der Waals surface area (Å²) < 4.78 is 6.03. The second-order valence-corrected chi connectivity index (χ2v) is 7.94. The standard InChI is InChI=1S/C23H32N6O.HI/c1-3-24-23(27-17-20-15-19-6-4-5-7-21(19)30-20)26-16-18-8-9-25-22(14-18)29-12-10-28(2)11-13-29;/h4-9,14,20H,3,10-13,15-17H2,1-2H3,(H2,24,26,27);1H. The Balaban J connectivity index is 0.00000272. The van der Waals surface area contributed by atoms with Crippen molar-refractivity contribution in [3.63, 3.8) is 0 Å². The number of fused-ring (bicyclic) bond motifs is 1. The predicted octanol–water partition coefficient (Wildman–Crippen LogP) is 2.51. The molecule has 0 radical (unpaired) electrons. The summed E-state index contributed by atoms with van der Waals surface area (Å²) in [6, 6.07) is 12.5. The molecule has 1 aromatic carbocycles. The average Bonchev–Trinajstić information content (AvgIpc) is 3.19. The zero-order chi connectivity index (χ0) is 20.8. The number of piperazine rings is 1. The minimum atomic E-state index is 0. The molecule has 1 atom stereocenters. The SMILES string of the molecule is CCNC(=NCc1ccnc(N2CCN(C)CC2)c1)NCC1Cc2ccccc2O1.I. The first-order chi connectivity index (χ1) is 14.7. The summed E-state index contributed by atoms with van der Waals surface area (Å²) in [4.78, 5) is 14.1. The van der Waals surface area contributed by atoms with E-state index >= 15 is 0 Å². The lowest BCUT2D eigenvalue weighted by molar-refractivity contribution is 0.235. The number of hydrogen-bond donors (Lipinski definition) is 2. The quantitative estimate of drug-likeness (QED) is 0.336. The Hall–Kier alpha value is -2.07. The van der Waals surface area contributed by atoms with Gasteiger partial charge in [-0.2, -0.15) is 0 Å². The monoisotopic (exact) mass is 536 g/mol. The number of para-hydroxylation sites is 1. The van der Waals surface area contributed by atoms with Crippen LogP contribution in [0.4, 0.5) is 5.82 Å². The summed E-state index contributed by atoms with van der Waals surface area (Å²) >= 11 is 0. The largest absolute Gasteiger partial charge is 0.488 e. The van der Waals surface area contributed by atoms with Gasteiger partial charge in [0.2, 0.25) is 0 Å². The Labute approximate surface area is 202 Å². The minimum Gasteiger partial charge on any atom is -0.488 e. The fraction of sp³-hybridized carbons (Fsp3) is 0.478. The molecule has 168 valence electrons. The Morgan fingerprint density at radius 1 is 1.16 bits per heavy atom. The van der Waals surface area contributed by atoms with Crippen LogP contribution in [-0.2, 0) is 13.0 Å². The van der Waals surface area contributed by atoms with Gasteiger partial charge in [-0.3, -0.25) is 0 Å². The van der Waals surface area contributed by atoms with E-state index < -0.39 is 0 Å². The van der Waals surface area contributed by atoms with Crippen molar-refractivity contribution >= 4 is 35.8 Å². The summed E-state index contributed by atoms with van der Waals surface area (Å²) in [5.74, 6) is 2.86. The minimum absolute atomic E-state index is 0. The molecule has 4 rings (SSSR count). The van der Waals surface area contributed by atoms with Crippen molar-refractivity contribution in [1.29, 1.82) is 0 Å². The summed E-state index contributed by atoms with van der Waals surface area (Å²) in [5, 5.41) is 6.77. The number of pyridine rings is 1. The predicted molar refractivity (Wildman–Crippen MR) is 137 cm³/mol. The molecule has 0 bridgehead atoms. The molecule has 31 heavy (non-hydrogen) atoms.